The molecule has 19 heavy (non-hydrogen) atoms. The van der Waals surface area contributed by atoms with E-state index in [1.165, 1.54) is 0 Å². The molecule has 0 saturated heterocycles. The number of aromatic carboxylic acids is 1. The molecule has 1 N–H and O–H groups in total. The van der Waals surface area contributed by atoms with Gasteiger partial charge >= 0.3 is 5.97 Å². The molecule has 0 fully saturated rings. The Bertz CT molecular complexity index is 563. The molecule has 0 bridgehead atoms. The Balaban J connectivity index is 2.12. The average Bonchev–Trinajstić information content (AvgIpc) is 2.78. The highest BCUT2D eigenvalue weighted by Gasteiger charge is 2.15. The number of nitrogens with zero attached hydrogens (tertiary/aromatic N) is 2. The summed E-state index contributed by atoms with van der Waals surface area (Å²) in [5.74, 6) is -0.998. The molecule has 0 spiro atoms. The van der Waals surface area contributed by atoms with E-state index in [0.29, 0.717) is 18.5 Å². The maximum Gasteiger partial charge on any atom is 0.357 e. The summed E-state index contributed by atoms with van der Waals surface area (Å²) < 4.78 is 7.19. The van der Waals surface area contributed by atoms with Crippen LogP contribution in [0.4, 0.5) is 0 Å². The fourth-order valence-corrected chi connectivity index (χ4v) is 1.96. The predicted octanol–water partition coefficient (Wildman–Crippen LogP) is 2.55. The standard InChI is InChI=1S/C14H18N2O3/c1-2-3-9-19-10-8-16-12-7-5-4-6-11(12)13(15-16)14(17)18/h4-7H,2-3,8-10H2,1H3,(H,17,18). The lowest BCUT2D eigenvalue weighted by Crippen LogP contribution is -2.09. The van der Waals surface area contributed by atoms with Crippen molar-refractivity contribution in [2.24, 2.45) is 0 Å². The second-order valence-corrected chi connectivity index (χ2v) is 4.36. The minimum atomic E-state index is -0.998. The second-order valence-electron chi connectivity index (χ2n) is 4.36. The molecule has 0 amide bonds. The zero-order valence-electron chi connectivity index (χ0n) is 11.0. The van der Waals surface area contributed by atoms with Gasteiger partial charge in [-0.15, -0.1) is 0 Å². The third kappa shape index (κ3) is 3.12. The van der Waals surface area contributed by atoms with E-state index in [1.54, 1.807) is 10.7 Å². The van der Waals surface area contributed by atoms with Crippen LogP contribution in [-0.4, -0.2) is 34.1 Å². The summed E-state index contributed by atoms with van der Waals surface area (Å²) in [5.41, 5.74) is 0.933. The molecule has 2 rings (SSSR count). The largest absolute Gasteiger partial charge is 0.476 e. The molecule has 2 aromatic rings. The normalized spacial score (nSPS) is 11.0. The zero-order chi connectivity index (χ0) is 13.7. The fraction of sp³-hybridized carbons (Fsp3) is 0.429. The van der Waals surface area contributed by atoms with E-state index >= 15 is 0 Å². The van der Waals surface area contributed by atoms with E-state index in [2.05, 4.69) is 12.0 Å². The van der Waals surface area contributed by atoms with Crippen molar-refractivity contribution in [1.29, 1.82) is 0 Å². The highest BCUT2D eigenvalue weighted by Crippen LogP contribution is 2.18. The van der Waals surface area contributed by atoms with Crippen LogP contribution in [0.2, 0.25) is 0 Å². The maximum atomic E-state index is 11.1. The van der Waals surface area contributed by atoms with Crippen molar-refractivity contribution in [3.8, 4) is 0 Å². The molecule has 0 aliphatic carbocycles. The highest BCUT2D eigenvalue weighted by atomic mass is 16.5. The van der Waals surface area contributed by atoms with E-state index in [9.17, 15) is 4.79 Å². The smallest absolute Gasteiger partial charge is 0.357 e. The number of unbranched alkanes of at least 4 members (excludes halogenated alkanes) is 1. The number of carboxylic acid groups (broad SMARTS) is 1. The Labute approximate surface area is 111 Å². The summed E-state index contributed by atoms with van der Waals surface area (Å²) >= 11 is 0. The number of carbonyl (C=O) groups is 1. The van der Waals surface area contributed by atoms with Crippen LogP contribution in [0.25, 0.3) is 10.9 Å². The van der Waals surface area contributed by atoms with Crippen LogP contribution in [-0.2, 0) is 11.3 Å². The Hall–Kier alpha value is -1.88. The van der Waals surface area contributed by atoms with Crippen molar-refractivity contribution in [2.75, 3.05) is 13.2 Å². The molecular weight excluding hydrogens is 244 g/mol. The van der Waals surface area contributed by atoms with Gasteiger partial charge in [-0.3, -0.25) is 4.68 Å². The Morgan fingerprint density at radius 1 is 1.37 bits per heavy atom. The van der Waals surface area contributed by atoms with Crippen molar-refractivity contribution in [3.05, 3.63) is 30.0 Å². The highest BCUT2D eigenvalue weighted by molar-refractivity contribution is 6.01. The van der Waals surface area contributed by atoms with Gasteiger partial charge in [-0.2, -0.15) is 5.10 Å². The summed E-state index contributed by atoms with van der Waals surface area (Å²) in [7, 11) is 0. The molecule has 0 aliphatic heterocycles. The molecule has 1 aromatic heterocycles. The monoisotopic (exact) mass is 262 g/mol. The van der Waals surface area contributed by atoms with Crippen molar-refractivity contribution in [1.82, 2.24) is 9.78 Å². The van der Waals surface area contributed by atoms with E-state index in [1.807, 2.05) is 18.2 Å². The fourth-order valence-electron chi connectivity index (χ4n) is 1.96. The molecule has 0 atom stereocenters. The second kappa shape index (κ2) is 6.33. The number of ether oxygens (including phenoxy) is 1. The number of rotatable bonds is 7. The quantitative estimate of drug-likeness (QED) is 0.779. The van der Waals surface area contributed by atoms with Crippen LogP contribution in [0.15, 0.2) is 24.3 Å². The molecule has 1 aromatic carbocycles. The molecule has 0 radical (unpaired) electrons. The first-order valence-corrected chi connectivity index (χ1v) is 6.50. The first kappa shape index (κ1) is 13.5. The van der Waals surface area contributed by atoms with E-state index < -0.39 is 5.97 Å². The van der Waals surface area contributed by atoms with Gasteiger partial charge < -0.3 is 9.84 Å². The lowest BCUT2D eigenvalue weighted by molar-refractivity contribution is 0.0690. The van der Waals surface area contributed by atoms with Gasteiger partial charge in [-0.05, 0) is 12.5 Å². The molecule has 0 saturated carbocycles. The van der Waals surface area contributed by atoms with Gasteiger partial charge in [0.1, 0.15) is 0 Å². The number of fused-ring (bicyclic) bond motifs is 1. The predicted molar refractivity (Wildman–Crippen MR) is 72.4 cm³/mol. The van der Waals surface area contributed by atoms with Crippen molar-refractivity contribution >= 4 is 16.9 Å². The summed E-state index contributed by atoms with van der Waals surface area (Å²) in [4.78, 5) is 11.1. The number of hydrogen-bond acceptors (Lipinski definition) is 3. The molecule has 0 aliphatic rings. The summed E-state index contributed by atoms with van der Waals surface area (Å²) in [6.45, 7) is 3.97. The van der Waals surface area contributed by atoms with Gasteiger partial charge in [-0.1, -0.05) is 31.5 Å². The lowest BCUT2D eigenvalue weighted by atomic mass is 10.2. The van der Waals surface area contributed by atoms with Gasteiger partial charge in [0.25, 0.3) is 0 Å². The third-order valence-electron chi connectivity index (χ3n) is 2.95. The van der Waals surface area contributed by atoms with Gasteiger partial charge in [-0.25, -0.2) is 4.79 Å². The molecule has 5 nitrogen and oxygen atoms in total. The number of para-hydroxylation sites is 1. The van der Waals surface area contributed by atoms with E-state index in [-0.39, 0.29) is 5.69 Å². The van der Waals surface area contributed by atoms with Gasteiger partial charge in [0, 0.05) is 12.0 Å². The van der Waals surface area contributed by atoms with Gasteiger partial charge in [0.2, 0.25) is 0 Å². The van der Waals surface area contributed by atoms with E-state index in [4.69, 9.17) is 9.84 Å². The Morgan fingerprint density at radius 3 is 2.89 bits per heavy atom. The molecule has 102 valence electrons. The van der Waals surface area contributed by atoms with Crippen LogP contribution in [0.1, 0.15) is 30.3 Å². The lowest BCUT2D eigenvalue weighted by Gasteiger charge is -2.04. The molecular formula is C14H18N2O3. The minimum absolute atomic E-state index is 0.101. The van der Waals surface area contributed by atoms with E-state index in [0.717, 1.165) is 25.0 Å². The van der Waals surface area contributed by atoms with Crippen LogP contribution in [0.3, 0.4) is 0 Å². The number of aromatic nitrogens is 2. The van der Waals surface area contributed by atoms with Crippen LogP contribution in [0.5, 0.6) is 0 Å². The molecule has 0 unspecified atom stereocenters. The SMILES string of the molecule is CCCCOCCn1nc(C(=O)O)c2ccccc21. The first-order valence-electron chi connectivity index (χ1n) is 6.50. The van der Waals surface area contributed by atoms with Crippen LogP contribution >= 0.6 is 0 Å². The maximum absolute atomic E-state index is 11.1. The third-order valence-corrected chi connectivity index (χ3v) is 2.95. The average molecular weight is 262 g/mol. The van der Waals surface area contributed by atoms with Gasteiger partial charge in [0.15, 0.2) is 5.69 Å². The summed E-state index contributed by atoms with van der Waals surface area (Å²) in [6, 6.07) is 7.35. The zero-order valence-corrected chi connectivity index (χ0v) is 11.0. The number of hydrogen-bond donors (Lipinski definition) is 1. The van der Waals surface area contributed by atoms with Gasteiger partial charge in [0.05, 0.1) is 18.7 Å². The number of carboxylic acids is 1. The first-order chi connectivity index (χ1) is 9.24. The topological polar surface area (TPSA) is 64.4 Å². The minimum Gasteiger partial charge on any atom is -0.476 e. The Morgan fingerprint density at radius 2 is 2.16 bits per heavy atom. The van der Waals surface area contributed by atoms with Crippen molar-refractivity contribution < 1.29 is 14.6 Å². The van der Waals surface area contributed by atoms with Crippen LogP contribution < -0.4 is 0 Å². The molecule has 1 heterocycles. The summed E-state index contributed by atoms with van der Waals surface area (Å²) in [5, 5.41) is 13.9. The van der Waals surface area contributed by atoms with Crippen molar-refractivity contribution in [3.63, 3.8) is 0 Å². The van der Waals surface area contributed by atoms with Crippen molar-refractivity contribution in [2.45, 2.75) is 26.3 Å². The Kier molecular flexibility index (Phi) is 4.52. The molecule has 5 heteroatoms. The van der Waals surface area contributed by atoms with Crippen LogP contribution in [0, 0.1) is 0 Å². The summed E-state index contributed by atoms with van der Waals surface area (Å²) in [6.07, 6.45) is 2.15. The number of benzene rings is 1.